The lowest BCUT2D eigenvalue weighted by Gasteiger charge is -2.22. The number of benzene rings is 2. The van der Waals surface area contributed by atoms with Gasteiger partial charge in [-0.05, 0) is 24.3 Å². The Bertz CT molecular complexity index is 568. The topological polar surface area (TPSA) is 20.3 Å². The third-order valence-electron chi connectivity index (χ3n) is 2.94. The third kappa shape index (κ3) is 2.02. The first kappa shape index (κ1) is 11.4. The Hall–Kier alpha value is -1.74. The summed E-state index contributed by atoms with van der Waals surface area (Å²) in [7, 11) is 0. The van der Waals surface area contributed by atoms with E-state index in [0.29, 0.717) is 6.42 Å². The molecule has 0 unspecified atom stereocenters. The molecular formula is C15H13NOS. The summed E-state index contributed by atoms with van der Waals surface area (Å²) >= 11 is 1.75. The van der Waals surface area contributed by atoms with Crippen LogP contribution in [-0.4, -0.2) is 11.7 Å². The quantitative estimate of drug-likeness (QED) is 0.771. The molecule has 2 nitrogen and oxygen atoms in total. The molecule has 90 valence electrons. The number of anilines is 2. The molecule has 1 heterocycles. The van der Waals surface area contributed by atoms with Gasteiger partial charge in [-0.25, -0.2) is 0 Å². The lowest BCUT2D eigenvalue weighted by atomic mass is 10.2. The number of para-hydroxylation sites is 2. The second kappa shape index (κ2) is 4.86. The molecule has 3 heteroatoms. The van der Waals surface area contributed by atoms with Crippen molar-refractivity contribution in [2.45, 2.75) is 11.3 Å². The predicted molar refractivity (Wildman–Crippen MR) is 75.4 cm³/mol. The number of fused-ring (bicyclic) bond motifs is 1. The minimum Gasteiger partial charge on any atom is -0.280 e. The fourth-order valence-electron chi connectivity index (χ4n) is 2.12. The Morgan fingerprint density at radius 3 is 2.50 bits per heavy atom. The zero-order chi connectivity index (χ0) is 12.4. The van der Waals surface area contributed by atoms with Gasteiger partial charge in [0.15, 0.2) is 0 Å². The molecule has 3 rings (SSSR count). The summed E-state index contributed by atoms with van der Waals surface area (Å²) in [6.07, 6.45) is 0.578. The second-order valence-corrected chi connectivity index (χ2v) is 5.27. The summed E-state index contributed by atoms with van der Waals surface area (Å²) in [5, 5.41) is 0. The average molecular weight is 255 g/mol. The van der Waals surface area contributed by atoms with Gasteiger partial charge in [0.1, 0.15) is 0 Å². The molecule has 0 bridgehead atoms. The van der Waals surface area contributed by atoms with Gasteiger partial charge < -0.3 is 0 Å². The van der Waals surface area contributed by atoms with Gasteiger partial charge in [-0.15, -0.1) is 11.8 Å². The third-order valence-corrected chi connectivity index (χ3v) is 4.01. The van der Waals surface area contributed by atoms with Gasteiger partial charge in [-0.1, -0.05) is 30.3 Å². The van der Waals surface area contributed by atoms with Crippen molar-refractivity contribution in [3.63, 3.8) is 0 Å². The Balaban J connectivity index is 2.14. The van der Waals surface area contributed by atoms with Gasteiger partial charge in [-0.2, -0.15) is 0 Å². The molecule has 2 aromatic rings. The summed E-state index contributed by atoms with van der Waals surface area (Å²) in [6, 6.07) is 17.9. The van der Waals surface area contributed by atoms with E-state index in [1.807, 2.05) is 53.4 Å². The van der Waals surface area contributed by atoms with E-state index >= 15 is 0 Å². The van der Waals surface area contributed by atoms with Gasteiger partial charge in [0.2, 0.25) is 5.91 Å². The Morgan fingerprint density at radius 2 is 1.67 bits per heavy atom. The van der Waals surface area contributed by atoms with Crippen LogP contribution in [0.15, 0.2) is 59.5 Å². The molecule has 0 aromatic heterocycles. The van der Waals surface area contributed by atoms with Crippen molar-refractivity contribution in [3.8, 4) is 0 Å². The lowest BCUT2D eigenvalue weighted by molar-refractivity contribution is -0.117. The molecule has 2 aromatic carbocycles. The molecule has 0 saturated carbocycles. The highest BCUT2D eigenvalue weighted by molar-refractivity contribution is 7.99. The van der Waals surface area contributed by atoms with Gasteiger partial charge in [0, 0.05) is 22.8 Å². The van der Waals surface area contributed by atoms with Gasteiger partial charge >= 0.3 is 0 Å². The first-order chi connectivity index (χ1) is 8.86. The van der Waals surface area contributed by atoms with Crippen LogP contribution in [0.25, 0.3) is 0 Å². The van der Waals surface area contributed by atoms with Crippen molar-refractivity contribution in [3.05, 3.63) is 54.6 Å². The molecule has 0 radical (unpaired) electrons. The van der Waals surface area contributed by atoms with E-state index in [1.54, 1.807) is 11.8 Å². The molecule has 0 aliphatic carbocycles. The minimum absolute atomic E-state index is 0.165. The van der Waals surface area contributed by atoms with E-state index in [4.69, 9.17) is 0 Å². The number of amides is 1. The van der Waals surface area contributed by atoms with Crippen LogP contribution in [0.2, 0.25) is 0 Å². The highest BCUT2D eigenvalue weighted by Gasteiger charge is 2.23. The summed E-state index contributed by atoms with van der Waals surface area (Å²) in [6.45, 7) is 0. The maximum atomic E-state index is 12.3. The number of carbonyl (C=O) groups is 1. The maximum Gasteiger partial charge on any atom is 0.232 e. The highest BCUT2D eigenvalue weighted by atomic mass is 32.2. The monoisotopic (exact) mass is 255 g/mol. The molecule has 1 aliphatic rings. The Labute approximate surface area is 111 Å². The largest absolute Gasteiger partial charge is 0.280 e. The number of carbonyl (C=O) groups excluding carboxylic acids is 1. The molecule has 1 amide bonds. The number of hydrogen-bond donors (Lipinski definition) is 0. The molecule has 18 heavy (non-hydrogen) atoms. The van der Waals surface area contributed by atoms with E-state index in [9.17, 15) is 4.79 Å². The SMILES string of the molecule is O=C1CCSc2ccccc2N1c1ccccc1. The van der Waals surface area contributed by atoms with Crippen LogP contribution >= 0.6 is 11.8 Å². The van der Waals surface area contributed by atoms with Crippen molar-refractivity contribution in [2.24, 2.45) is 0 Å². The maximum absolute atomic E-state index is 12.3. The standard InChI is InChI=1S/C15H13NOS/c17-15-10-11-18-14-9-5-4-8-13(14)16(15)12-6-2-1-3-7-12/h1-9H,10-11H2. The van der Waals surface area contributed by atoms with Crippen molar-refractivity contribution in [2.75, 3.05) is 10.7 Å². The fraction of sp³-hybridized carbons (Fsp3) is 0.133. The minimum atomic E-state index is 0.165. The first-order valence-corrected chi connectivity index (χ1v) is 6.94. The van der Waals surface area contributed by atoms with Gasteiger partial charge in [-0.3, -0.25) is 9.69 Å². The van der Waals surface area contributed by atoms with E-state index < -0.39 is 0 Å². The van der Waals surface area contributed by atoms with Crippen LogP contribution in [0.1, 0.15) is 6.42 Å². The molecule has 0 N–H and O–H groups in total. The molecule has 0 spiro atoms. The van der Waals surface area contributed by atoms with Gasteiger partial charge in [0.05, 0.1) is 5.69 Å². The normalized spacial score (nSPS) is 15.1. The van der Waals surface area contributed by atoms with Crippen molar-refractivity contribution in [1.82, 2.24) is 0 Å². The van der Waals surface area contributed by atoms with Crippen molar-refractivity contribution in [1.29, 1.82) is 0 Å². The number of rotatable bonds is 1. The first-order valence-electron chi connectivity index (χ1n) is 5.96. The smallest absolute Gasteiger partial charge is 0.232 e. The van der Waals surface area contributed by atoms with E-state index in [2.05, 4.69) is 6.07 Å². The summed E-state index contributed by atoms with van der Waals surface area (Å²) in [4.78, 5) is 15.3. The zero-order valence-electron chi connectivity index (χ0n) is 9.87. The molecule has 1 aliphatic heterocycles. The number of hydrogen-bond acceptors (Lipinski definition) is 2. The van der Waals surface area contributed by atoms with E-state index in [0.717, 1.165) is 17.1 Å². The van der Waals surface area contributed by atoms with Crippen LogP contribution < -0.4 is 4.90 Å². The lowest BCUT2D eigenvalue weighted by Crippen LogP contribution is -2.25. The van der Waals surface area contributed by atoms with Crippen LogP contribution in [0, 0.1) is 0 Å². The fourth-order valence-corrected chi connectivity index (χ4v) is 3.10. The van der Waals surface area contributed by atoms with Crippen LogP contribution in [0.3, 0.4) is 0 Å². The van der Waals surface area contributed by atoms with E-state index in [-0.39, 0.29) is 5.91 Å². The Morgan fingerprint density at radius 1 is 0.944 bits per heavy atom. The molecular weight excluding hydrogens is 242 g/mol. The summed E-state index contributed by atoms with van der Waals surface area (Å²) in [5.41, 5.74) is 1.94. The van der Waals surface area contributed by atoms with Crippen LogP contribution in [0.5, 0.6) is 0 Å². The summed E-state index contributed by atoms with van der Waals surface area (Å²) in [5.74, 6) is 1.01. The molecule has 0 atom stereocenters. The number of nitrogens with zero attached hydrogens (tertiary/aromatic N) is 1. The second-order valence-electron chi connectivity index (χ2n) is 4.13. The van der Waals surface area contributed by atoms with Crippen molar-refractivity contribution < 1.29 is 4.79 Å². The van der Waals surface area contributed by atoms with Crippen LogP contribution in [0.4, 0.5) is 11.4 Å². The summed E-state index contributed by atoms with van der Waals surface area (Å²) < 4.78 is 0. The number of thioether (sulfide) groups is 1. The van der Waals surface area contributed by atoms with Crippen LogP contribution in [-0.2, 0) is 4.79 Å². The Kier molecular flexibility index (Phi) is 3.07. The molecule has 0 fully saturated rings. The highest BCUT2D eigenvalue weighted by Crippen LogP contribution is 2.37. The van der Waals surface area contributed by atoms with E-state index in [1.165, 1.54) is 4.90 Å². The average Bonchev–Trinajstić information content (AvgIpc) is 2.58. The van der Waals surface area contributed by atoms with Gasteiger partial charge in [0.25, 0.3) is 0 Å². The van der Waals surface area contributed by atoms with Crippen molar-refractivity contribution >= 4 is 29.0 Å². The zero-order valence-corrected chi connectivity index (χ0v) is 10.7. The molecule has 0 saturated heterocycles. The predicted octanol–water partition coefficient (Wildman–Crippen LogP) is 3.85.